The Bertz CT molecular complexity index is 1310. The molecule has 1 saturated heterocycles. The monoisotopic (exact) mass is 511 g/mol. The summed E-state index contributed by atoms with van der Waals surface area (Å²) in [6, 6.07) is 10.4. The second kappa shape index (κ2) is 10.3. The number of pyridine rings is 2. The number of amides is 1. The summed E-state index contributed by atoms with van der Waals surface area (Å²) in [6.07, 6.45) is -0.770. The summed E-state index contributed by atoms with van der Waals surface area (Å²) < 4.78 is 22.6. The number of fused-ring (bicyclic) bond motifs is 2. The summed E-state index contributed by atoms with van der Waals surface area (Å²) in [5, 5.41) is 28.9. The molecule has 1 amide bonds. The molecular formula is C24H25N5O6S. The maximum atomic E-state index is 12.5. The van der Waals surface area contributed by atoms with Gasteiger partial charge in [0.15, 0.2) is 11.0 Å². The fourth-order valence-electron chi connectivity index (χ4n) is 4.15. The highest BCUT2D eigenvalue weighted by molar-refractivity contribution is 7.94. The van der Waals surface area contributed by atoms with Gasteiger partial charge in [0, 0.05) is 48.4 Å². The van der Waals surface area contributed by atoms with E-state index in [1.807, 2.05) is 12.1 Å². The van der Waals surface area contributed by atoms with Crippen LogP contribution in [0.2, 0.25) is 0 Å². The zero-order chi connectivity index (χ0) is 25.2. The summed E-state index contributed by atoms with van der Waals surface area (Å²) in [6.45, 7) is 0.495. The molecule has 4 N–H and O–H groups in total. The van der Waals surface area contributed by atoms with Gasteiger partial charge in [-0.3, -0.25) is 9.88 Å². The van der Waals surface area contributed by atoms with E-state index in [0.717, 1.165) is 5.56 Å². The number of nitrogens with one attached hydrogen (secondary N) is 2. The third kappa shape index (κ3) is 4.81. The highest BCUT2D eigenvalue weighted by Crippen LogP contribution is 2.33. The molecule has 12 heteroatoms. The second-order valence-electron chi connectivity index (χ2n) is 8.34. The highest BCUT2D eigenvalue weighted by atomic mass is 32.2. The number of aliphatic hydroxyl groups excluding tert-OH is 2. The van der Waals surface area contributed by atoms with Gasteiger partial charge in [-0.05, 0) is 35.9 Å². The summed E-state index contributed by atoms with van der Waals surface area (Å²) in [4.78, 5) is 23.2. The number of ether oxygens (including phenoxy) is 2. The molecule has 11 nitrogen and oxygen atoms in total. The van der Waals surface area contributed by atoms with Gasteiger partial charge in [0.2, 0.25) is 5.88 Å². The van der Waals surface area contributed by atoms with Gasteiger partial charge in [-0.15, -0.1) is 0 Å². The van der Waals surface area contributed by atoms with Gasteiger partial charge in [-0.25, -0.2) is 9.78 Å². The van der Waals surface area contributed by atoms with Gasteiger partial charge in [-0.1, -0.05) is 0 Å². The van der Waals surface area contributed by atoms with E-state index in [1.54, 1.807) is 49.2 Å². The first-order valence-electron chi connectivity index (χ1n) is 11.3. The van der Waals surface area contributed by atoms with Crippen LogP contribution in [0.25, 0.3) is 11.0 Å². The Hall–Kier alpha value is -3.42. The molecule has 1 aromatic carbocycles. The first-order valence-corrected chi connectivity index (χ1v) is 12.5. The molecule has 2 aliphatic heterocycles. The number of anilines is 2. The van der Waals surface area contributed by atoms with Crippen LogP contribution in [-0.2, 0) is 22.5 Å². The molecular weight excluding hydrogens is 486 g/mol. The van der Waals surface area contributed by atoms with Crippen LogP contribution in [0.3, 0.4) is 0 Å². The zero-order valence-electron chi connectivity index (χ0n) is 19.3. The molecule has 5 rings (SSSR count). The molecule has 4 atom stereocenters. The lowest BCUT2D eigenvalue weighted by Gasteiger charge is -2.22. The standard InChI is InChI=1S/C24H25N5O6S/c1-34-21-5-3-16-22(28-21)14(6-7-26-16)11-25-12-18(30)23(31)19-13-29(24(32)35-19)15-2-4-20-17(10-15)27-8-9-36(20)33/h2-10,18-19,23,25,27,30-31H,11-13H2,1H3/t18-,19?,23+,36?/m0/s1. The lowest BCUT2D eigenvalue weighted by Crippen LogP contribution is -2.44. The number of aliphatic hydroxyl groups is 2. The largest absolute Gasteiger partial charge is 0.607 e. The van der Waals surface area contributed by atoms with Gasteiger partial charge >= 0.3 is 6.09 Å². The molecule has 0 radical (unpaired) electrons. The predicted molar refractivity (Wildman–Crippen MR) is 133 cm³/mol. The van der Waals surface area contributed by atoms with Crippen molar-refractivity contribution in [3.63, 3.8) is 0 Å². The Morgan fingerprint density at radius 1 is 1.33 bits per heavy atom. The zero-order valence-corrected chi connectivity index (χ0v) is 20.1. The fraction of sp³-hybridized carbons (Fsp3) is 0.292. The number of hydrogen-bond acceptors (Lipinski definition) is 10. The number of carbonyl (C=O) groups excluding carboxylic acids is 1. The van der Waals surface area contributed by atoms with Crippen molar-refractivity contribution in [3.05, 3.63) is 59.8 Å². The van der Waals surface area contributed by atoms with Crippen LogP contribution < -0.4 is 20.3 Å². The van der Waals surface area contributed by atoms with Crippen molar-refractivity contribution < 1.29 is 29.0 Å². The number of nitrogens with zero attached hydrogens (tertiary/aromatic N) is 3. The summed E-state index contributed by atoms with van der Waals surface area (Å²) >= 11 is -1.25. The van der Waals surface area contributed by atoms with Crippen LogP contribution in [0.15, 0.2) is 59.1 Å². The minimum absolute atomic E-state index is 0.0594. The number of aromatic nitrogens is 2. The number of methoxy groups -OCH3 is 1. The van der Waals surface area contributed by atoms with Crippen LogP contribution in [0.1, 0.15) is 5.56 Å². The van der Waals surface area contributed by atoms with E-state index >= 15 is 0 Å². The molecule has 0 saturated carbocycles. The molecule has 188 valence electrons. The van der Waals surface area contributed by atoms with Crippen molar-refractivity contribution in [2.45, 2.75) is 29.8 Å². The lowest BCUT2D eigenvalue weighted by atomic mass is 10.1. The van der Waals surface area contributed by atoms with Crippen molar-refractivity contribution in [1.82, 2.24) is 15.3 Å². The predicted octanol–water partition coefficient (Wildman–Crippen LogP) is 1.48. The van der Waals surface area contributed by atoms with Crippen LogP contribution in [0.5, 0.6) is 5.88 Å². The van der Waals surface area contributed by atoms with Crippen LogP contribution >= 0.6 is 0 Å². The average molecular weight is 512 g/mol. The molecule has 36 heavy (non-hydrogen) atoms. The third-order valence-corrected chi connectivity index (χ3v) is 7.23. The average Bonchev–Trinajstić information content (AvgIpc) is 3.29. The molecule has 2 unspecified atom stereocenters. The maximum absolute atomic E-state index is 12.5. The van der Waals surface area contributed by atoms with Crippen LogP contribution in [0.4, 0.5) is 16.2 Å². The SMILES string of the molecule is COc1ccc2nccc(CNC[C@H](O)[C@@H](O)C3CN(c4ccc5c(c4)NC=C[S+]5[O-])C(=O)O3)c2n1. The van der Waals surface area contributed by atoms with E-state index < -0.39 is 35.6 Å². The normalized spacial score (nSPS) is 20.6. The maximum Gasteiger partial charge on any atom is 0.414 e. The molecule has 2 aliphatic rings. The van der Waals surface area contributed by atoms with E-state index in [2.05, 4.69) is 20.6 Å². The molecule has 3 aromatic rings. The topological polar surface area (TPSA) is 152 Å². The minimum Gasteiger partial charge on any atom is -0.607 e. The molecule has 2 aromatic heterocycles. The molecule has 1 fully saturated rings. The van der Waals surface area contributed by atoms with Crippen molar-refractivity contribution in [2.75, 3.05) is 30.4 Å². The number of cyclic esters (lactones) is 1. The molecule has 0 aliphatic carbocycles. The summed E-state index contributed by atoms with van der Waals surface area (Å²) in [5.41, 5.74) is 3.42. The van der Waals surface area contributed by atoms with Gasteiger partial charge in [0.05, 0.1) is 36.5 Å². The smallest absolute Gasteiger partial charge is 0.414 e. The Kier molecular flexibility index (Phi) is 6.94. The Balaban J connectivity index is 1.19. The van der Waals surface area contributed by atoms with Gasteiger partial charge in [0.1, 0.15) is 11.5 Å². The van der Waals surface area contributed by atoms with E-state index in [4.69, 9.17) is 9.47 Å². The molecule has 0 bridgehead atoms. The van der Waals surface area contributed by atoms with Crippen molar-refractivity contribution in [1.29, 1.82) is 0 Å². The number of carbonyl (C=O) groups is 1. The number of benzene rings is 1. The van der Waals surface area contributed by atoms with E-state index in [0.29, 0.717) is 39.7 Å². The van der Waals surface area contributed by atoms with Crippen LogP contribution in [-0.4, -0.2) is 69.3 Å². The Morgan fingerprint density at radius 3 is 3.03 bits per heavy atom. The van der Waals surface area contributed by atoms with Gasteiger partial charge in [0.25, 0.3) is 0 Å². The number of rotatable bonds is 8. The lowest BCUT2D eigenvalue weighted by molar-refractivity contribution is -0.0460. The van der Waals surface area contributed by atoms with Gasteiger partial charge < -0.3 is 34.9 Å². The third-order valence-electron chi connectivity index (χ3n) is 6.05. The number of hydrogen-bond donors (Lipinski definition) is 4. The Labute approximate surface area is 209 Å². The van der Waals surface area contributed by atoms with Crippen molar-refractivity contribution in [2.24, 2.45) is 0 Å². The van der Waals surface area contributed by atoms with Crippen molar-refractivity contribution >= 4 is 39.7 Å². The molecule has 4 heterocycles. The van der Waals surface area contributed by atoms with E-state index in [9.17, 15) is 19.6 Å². The Morgan fingerprint density at radius 2 is 2.19 bits per heavy atom. The minimum atomic E-state index is -1.30. The van der Waals surface area contributed by atoms with Gasteiger partial charge in [-0.2, -0.15) is 0 Å². The van der Waals surface area contributed by atoms with Crippen LogP contribution in [0, 0.1) is 0 Å². The first-order chi connectivity index (χ1) is 17.4. The molecule has 0 spiro atoms. The first kappa shape index (κ1) is 24.3. The highest BCUT2D eigenvalue weighted by Gasteiger charge is 2.40. The fourth-order valence-corrected chi connectivity index (χ4v) is 5.02. The quantitative estimate of drug-likeness (QED) is 0.327. The van der Waals surface area contributed by atoms with E-state index in [-0.39, 0.29) is 13.1 Å². The van der Waals surface area contributed by atoms with Crippen molar-refractivity contribution in [3.8, 4) is 5.88 Å². The van der Waals surface area contributed by atoms with E-state index in [1.165, 1.54) is 4.90 Å². The summed E-state index contributed by atoms with van der Waals surface area (Å²) in [5.74, 6) is 0.472. The second-order valence-corrected chi connectivity index (χ2v) is 9.64. The summed E-state index contributed by atoms with van der Waals surface area (Å²) in [7, 11) is 1.54.